The number of anilines is 2. The molecule has 1 saturated heterocycles. The van der Waals surface area contributed by atoms with E-state index in [1.54, 1.807) is 7.11 Å². The van der Waals surface area contributed by atoms with Crippen molar-refractivity contribution in [2.24, 2.45) is 0 Å². The zero-order valence-electron chi connectivity index (χ0n) is 16.6. The Kier molecular flexibility index (Phi) is 7.66. The minimum Gasteiger partial charge on any atom is -0.497 e. The highest BCUT2D eigenvalue weighted by Crippen LogP contribution is 2.16. The van der Waals surface area contributed by atoms with Crippen LogP contribution < -0.4 is 30.7 Å². The molecule has 0 radical (unpaired) electrons. The van der Waals surface area contributed by atoms with Gasteiger partial charge >= 0.3 is 0 Å². The van der Waals surface area contributed by atoms with E-state index in [4.69, 9.17) is 17.0 Å². The molecule has 0 spiro atoms. The van der Waals surface area contributed by atoms with Crippen molar-refractivity contribution >= 4 is 34.6 Å². The molecule has 0 saturated carbocycles. The maximum absolute atomic E-state index is 12.1. The molecule has 1 amide bonds. The van der Waals surface area contributed by atoms with Gasteiger partial charge in [0.2, 0.25) is 5.91 Å². The molecule has 29 heavy (non-hydrogen) atoms. The number of hydrogen-bond acceptors (Lipinski definition) is 4. The number of nitrogens with zero attached hydrogens (tertiary/aromatic N) is 1. The van der Waals surface area contributed by atoms with Crippen LogP contribution in [0, 0.1) is 0 Å². The van der Waals surface area contributed by atoms with Gasteiger partial charge in [-0.1, -0.05) is 24.3 Å². The highest BCUT2D eigenvalue weighted by Gasteiger charge is 2.20. The van der Waals surface area contributed by atoms with Crippen LogP contribution in [0.15, 0.2) is 54.6 Å². The van der Waals surface area contributed by atoms with E-state index >= 15 is 0 Å². The standard InChI is InChI=1S/C21H27N5O2S/c1-28-19-9-5-6-17(16-19)22-21(29)24-23-20(27)10-11-25-12-14-26(15-13-25)18-7-3-2-4-8-18/h2-9,16H,10-15H2,1H3,(H,23,27)(H2,22,24,29)/p+1. The lowest BCUT2D eigenvalue weighted by atomic mass is 10.2. The first kappa shape index (κ1) is 20.9. The molecule has 1 aliphatic heterocycles. The quantitative estimate of drug-likeness (QED) is 0.414. The summed E-state index contributed by atoms with van der Waals surface area (Å²) in [5.41, 5.74) is 7.46. The van der Waals surface area contributed by atoms with Crippen LogP contribution in [-0.4, -0.2) is 50.9 Å². The molecule has 1 fully saturated rings. The number of hydrogen-bond donors (Lipinski definition) is 4. The fraction of sp³-hybridized carbons (Fsp3) is 0.333. The first-order valence-electron chi connectivity index (χ1n) is 9.77. The predicted octanol–water partition coefficient (Wildman–Crippen LogP) is 0.808. The number of ether oxygens (including phenoxy) is 1. The van der Waals surface area contributed by atoms with Crippen LogP contribution in [0.1, 0.15) is 6.42 Å². The third-order valence-electron chi connectivity index (χ3n) is 4.94. The summed E-state index contributed by atoms with van der Waals surface area (Å²) in [4.78, 5) is 16.0. The fourth-order valence-corrected chi connectivity index (χ4v) is 3.48. The molecule has 2 aromatic rings. The van der Waals surface area contributed by atoms with Crippen molar-refractivity contribution < 1.29 is 14.4 Å². The van der Waals surface area contributed by atoms with E-state index in [1.165, 1.54) is 10.6 Å². The zero-order chi connectivity index (χ0) is 20.5. The van der Waals surface area contributed by atoms with Crippen molar-refractivity contribution in [3.05, 3.63) is 54.6 Å². The van der Waals surface area contributed by atoms with E-state index in [2.05, 4.69) is 45.3 Å². The molecular weight excluding hydrogens is 386 g/mol. The number of hydrazine groups is 1. The van der Waals surface area contributed by atoms with E-state index in [1.807, 2.05) is 30.3 Å². The van der Waals surface area contributed by atoms with Crippen LogP contribution in [0.2, 0.25) is 0 Å². The molecule has 0 bridgehead atoms. The highest BCUT2D eigenvalue weighted by atomic mass is 32.1. The van der Waals surface area contributed by atoms with E-state index in [0.29, 0.717) is 11.5 Å². The van der Waals surface area contributed by atoms with Crippen LogP contribution in [0.3, 0.4) is 0 Å². The topological polar surface area (TPSA) is 70.1 Å². The minimum atomic E-state index is -0.0715. The largest absolute Gasteiger partial charge is 0.497 e. The Morgan fingerprint density at radius 2 is 1.86 bits per heavy atom. The molecule has 0 unspecified atom stereocenters. The number of carbonyl (C=O) groups is 1. The van der Waals surface area contributed by atoms with Gasteiger partial charge in [0.1, 0.15) is 5.75 Å². The molecule has 0 aromatic heterocycles. The smallest absolute Gasteiger partial charge is 0.244 e. The minimum absolute atomic E-state index is 0.0715. The molecule has 7 nitrogen and oxygen atoms in total. The molecule has 1 heterocycles. The van der Waals surface area contributed by atoms with Crippen LogP contribution in [0.5, 0.6) is 5.75 Å². The number of benzene rings is 2. The molecule has 3 rings (SSSR count). The molecule has 4 N–H and O–H groups in total. The zero-order valence-corrected chi connectivity index (χ0v) is 17.4. The summed E-state index contributed by atoms with van der Waals surface area (Å²) in [5.74, 6) is 0.662. The Morgan fingerprint density at radius 3 is 2.59 bits per heavy atom. The lowest BCUT2D eigenvalue weighted by Gasteiger charge is -2.33. The second-order valence-electron chi connectivity index (χ2n) is 6.93. The second-order valence-corrected chi connectivity index (χ2v) is 7.34. The lowest BCUT2D eigenvalue weighted by Crippen LogP contribution is -3.15. The van der Waals surface area contributed by atoms with Crippen LogP contribution in [-0.2, 0) is 4.79 Å². The SMILES string of the molecule is COc1cccc(NC(=S)NNC(=O)CC[NH+]2CCN(c3ccccc3)CC2)c1. The van der Waals surface area contributed by atoms with Gasteiger partial charge in [0.05, 0.1) is 46.3 Å². The Bertz CT molecular complexity index is 810. The first-order chi connectivity index (χ1) is 14.1. The third kappa shape index (κ3) is 6.62. The highest BCUT2D eigenvalue weighted by molar-refractivity contribution is 7.80. The maximum Gasteiger partial charge on any atom is 0.244 e. The van der Waals surface area contributed by atoms with Crippen LogP contribution >= 0.6 is 12.2 Å². The van der Waals surface area contributed by atoms with E-state index < -0.39 is 0 Å². The average molecular weight is 415 g/mol. The number of methoxy groups -OCH3 is 1. The number of quaternary nitrogens is 1. The molecule has 0 aliphatic carbocycles. The summed E-state index contributed by atoms with van der Waals surface area (Å²) in [6.07, 6.45) is 0.454. The third-order valence-corrected chi connectivity index (χ3v) is 5.14. The van der Waals surface area contributed by atoms with Crippen LogP contribution in [0.25, 0.3) is 0 Å². The first-order valence-corrected chi connectivity index (χ1v) is 10.2. The Balaban J connectivity index is 1.32. The van der Waals surface area contributed by atoms with Gasteiger partial charge in [-0.3, -0.25) is 15.6 Å². The van der Waals surface area contributed by atoms with Gasteiger partial charge in [0, 0.05) is 17.4 Å². The van der Waals surface area contributed by atoms with Crippen molar-refractivity contribution in [2.45, 2.75) is 6.42 Å². The number of thiocarbonyl (C=S) groups is 1. The Hall–Kier alpha value is -2.84. The van der Waals surface area contributed by atoms with Crippen molar-refractivity contribution in [1.29, 1.82) is 0 Å². The van der Waals surface area contributed by atoms with Crippen molar-refractivity contribution in [3.63, 3.8) is 0 Å². The molecule has 0 atom stereocenters. The molecule has 2 aromatic carbocycles. The summed E-state index contributed by atoms with van der Waals surface area (Å²) in [6, 6.07) is 17.9. The predicted molar refractivity (Wildman–Crippen MR) is 119 cm³/mol. The van der Waals surface area contributed by atoms with E-state index in [-0.39, 0.29) is 5.91 Å². The molecule has 154 valence electrons. The summed E-state index contributed by atoms with van der Waals surface area (Å²) in [5, 5.41) is 3.34. The fourth-order valence-electron chi connectivity index (χ4n) is 3.31. The number of piperazine rings is 1. The number of rotatable bonds is 6. The number of amides is 1. The second kappa shape index (κ2) is 10.6. The van der Waals surface area contributed by atoms with E-state index in [0.717, 1.165) is 44.2 Å². The van der Waals surface area contributed by atoms with Gasteiger partial charge in [-0.2, -0.15) is 0 Å². The monoisotopic (exact) mass is 414 g/mol. The summed E-state index contributed by atoms with van der Waals surface area (Å²) < 4.78 is 5.18. The number of carbonyl (C=O) groups excluding carboxylic acids is 1. The molecule has 8 heteroatoms. The summed E-state index contributed by atoms with van der Waals surface area (Å²) in [7, 11) is 1.61. The normalized spacial score (nSPS) is 14.2. The summed E-state index contributed by atoms with van der Waals surface area (Å²) in [6.45, 7) is 4.89. The van der Waals surface area contributed by atoms with Gasteiger partial charge in [0.25, 0.3) is 0 Å². The van der Waals surface area contributed by atoms with Gasteiger partial charge in [-0.05, 0) is 36.5 Å². The average Bonchev–Trinajstić information content (AvgIpc) is 2.77. The van der Waals surface area contributed by atoms with Gasteiger partial charge in [-0.15, -0.1) is 0 Å². The number of nitrogens with one attached hydrogen (secondary N) is 4. The van der Waals surface area contributed by atoms with Gasteiger partial charge < -0.3 is 19.9 Å². The Morgan fingerprint density at radius 1 is 1.10 bits per heavy atom. The van der Waals surface area contributed by atoms with E-state index in [9.17, 15) is 4.79 Å². The molecule has 1 aliphatic rings. The van der Waals surface area contributed by atoms with Crippen LogP contribution in [0.4, 0.5) is 11.4 Å². The van der Waals surface area contributed by atoms with Crippen molar-refractivity contribution in [2.75, 3.05) is 50.1 Å². The Labute approximate surface area is 177 Å². The van der Waals surface area contributed by atoms with Crippen molar-refractivity contribution in [3.8, 4) is 5.75 Å². The van der Waals surface area contributed by atoms with Gasteiger partial charge in [-0.25, -0.2) is 0 Å². The van der Waals surface area contributed by atoms with Crippen molar-refractivity contribution in [1.82, 2.24) is 10.9 Å². The lowest BCUT2D eigenvalue weighted by molar-refractivity contribution is -0.900. The molecular formula is C21H28N5O2S+. The van der Waals surface area contributed by atoms with Gasteiger partial charge in [0.15, 0.2) is 5.11 Å². The number of para-hydroxylation sites is 1. The summed E-state index contributed by atoms with van der Waals surface area (Å²) >= 11 is 5.21. The maximum atomic E-state index is 12.1.